The first kappa shape index (κ1) is 18.8. The molecule has 0 radical (unpaired) electrons. The second-order valence-corrected chi connectivity index (χ2v) is 7.05. The molecule has 3 unspecified atom stereocenters. The van der Waals surface area contributed by atoms with Crippen LogP contribution in [0.4, 0.5) is 5.82 Å². The van der Waals surface area contributed by atoms with E-state index in [0.29, 0.717) is 19.0 Å². The quantitative estimate of drug-likeness (QED) is 0.806. The molecule has 0 aromatic carbocycles. The first-order valence-corrected chi connectivity index (χ1v) is 9.20. The van der Waals surface area contributed by atoms with Gasteiger partial charge in [-0.25, -0.2) is 9.97 Å². The fourth-order valence-electron chi connectivity index (χ4n) is 3.70. The number of carbonyl (C=O) groups excluding carboxylic acids is 2. The molecular formula is C19H24N6O2. The highest BCUT2D eigenvalue weighted by Gasteiger charge is 2.36. The Bertz CT molecular complexity index is 886. The number of nitrogens with one attached hydrogen (secondary N) is 1. The molecule has 142 valence electrons. The van der Waals surface area contributed by atoms with Crippen molar-refractivity contribution < 1.29 is 9.59 Å². The summed E-state index contributed by atoms with van der Waals surface area (Å²) in [6.07, 6.45) is 4.34. The van der Waals surface area contributed by atoms with Gasteiger partial charge in [0, 0.05) is 32.8 Å². The summed E-state index contributed by atoms with van der Waals surface area (Å²) in [5.41, 5.74) is 0.765. The molecule has 1 aliphatic rings. The summed E-state index contributed by atoms with van der Waals surface area (Å²) in [6.45, 7) is 4.84. The number of Topliss-reactive ketones (excluding diaryl/α,β-unsaturated/α-hetero) is 1. The average Bonchev–Trinajstić information content (AvgIpc) is 3.16. The minimum absolute atomic E-state index is 0.0340. The van der Waals surface area contributed by atoms with Crippen molar-refractivity contribution >= 4 is 28.5 Å². The zero-order chi connectivity index (χ0) is 19.6. The van der Waals surface area contributed by atoms with E-state index in [0.717, 1.165) is 23.3 Å². The minimum atomic E-state index is -1.20. The van der Waals surface area contributed by atoms with Gasteiger partial charge in [0.05, 0.1) is 17.5 Å². The second kappa shape index (κ2) is 7.74. The average molecular weight is 368 g/mol. The Labute approximate surface area is 158 Å². The van der Waals surface area contributed by atoms with Crippen LogP contribution in [0.25, 0.3) is 11.0 Å². The number of likely N-dealkylation sites (N-methyl/N-ethyl adjacent to an activating group) is 1. The third kappa shape index (κ3) is 3.50. The molecule has 0 bridgehead atoms. The van der Waals surface area contributed by atoms with Gasteiger partial charge in [-0.1, -0.05) is 13.8 Å². The van der Waals surface area contributed by atoms with Crippen molar-refractivity contribution in [2.24, 2.45) is 11.8 Å². The molecule has 3 rings (SSSR count). The molecule has 8 heteroatoms. The summed E-state index contributed by atoms with van der Waals surface area (Å²) >= 11 is 0. The van der Waals surface area contributed by atoms with Crippen LogP contribution in [0.1, 0.15) is 26.7 Å². The van der Waals surface area contributed by atoms with Crippen LogP contribution >= 0.6 is 0 Å². The first-order chi connectivity index (χ1) is 13.0. The van der Waals surface area contributed by atoms with Crippen molar-refractivity contribution in [2.75, 3.05) is 25.0 Å². The third-order valence-electron chi connectivity index (χ3n) is 5.44. The number of aromatic nitrogens is 3. The van der Waals surface area contributed by atoms with E-state index in [1.165, 1.54) is 6.33 Å². The van der Waals surface area contributed by atoms with Crippen LogP contribution in [0.2, 0.25) is 0 Å². The van der Waals surface area contributed by atoms with Crippen molar-refractivity contribution in [2.45, 2.75) is 32.7 Å². The molecule has 1 N–H and O–H groups in total. The molecule has 0 aliphatic carbocycles. The third-order valence-corrected chi connectivity index (χ3v) is 5.44. The molecule has 3 atom stereocenters. The maximum Gasteiger partial charge on any atom is 0.247 e. The summed E-state index contributed by atoms with van der Waals surface area (Å²) < 4.78 is 0. The number of hydrogen-bond donors (Lipinski definition) is 1. The Hall–Kier alpha value is -2.95. The zero-order valence-electron chi connectivity index (χ0n) is 15.8. The van der Waals surface area contributed by atoms with Crippen molar-refractivity contribution in [1.82, 2.24) is 19.9 Å². The molecule has 2 aromatic heterocycles. The Kier molecular flexibility index (Phi) is 5.40. The number of likely N-dealkylation sites (tertiary alicyclic amines) is 1. The number of ketones is 1. The van der Waals surface area contributed by atoms with E-state index in [9.17, 15) is 14.9 Å². The summed E-state index contributed by atoms with van der Waals surface area (Å²) in [4.78, 5) is 40.2. The molecule has 1 saturated heterocycles. The van der Waals surface area contributed by atoms with Gasteiger partial charge in [-0.2, -0.15) is 5.26 Å². The Morgan fingerprint density at radius 2 is 2.26 bits per heavy atom. The number of nitrogens with zero attached hydrogens (tertiary/aromatic N) is 5. The van der Waals surface area contributed by atoms with Gasteiger partial charge in [-0.15, -0.1) is 0 Å². The summed E-state index contributed by atoms with van der Waals surface area (Å²) in [5.74, 6) is -0.774. The highest BCUT2D eigenvalue weighted by atomic mass is 16.2. The normalized spacial score (nSPS) is 20.9. The van der Waals surface area contributed by atoms with Gasteiger partial charge in [0.25, 0.3) is 0 Å². The van der Waals surface area contributed by atoms with Gasteiger partial charge in [0.2, 0.25) is 5.91 Å². The predicted molar refractivity (Wildman–Crippen MR) is 101 cm³/mol. The van der Waals surface area contributed by atoms with E-state index in [4.69, 9.17) is 0 Å². The van der Waals surface area contributed by atoms with Crippen LogP contribution in [-0.4, -0.2) is 57.7 Å². The van der Waals surface area contributed by atoms with E-state index in [2.05, 4.69) is 26.8 Å². The van der Waals surface area contributed by atoms with Crippen LogP contribution in [0.15, 0.2) is 18.6 Å². The van der Waals surface area contributed by atoms with Gasteiger partial charge < -0.3 is 14.8 Å². The topological polar surface area (TPSA) is 106 Å². The predicted octanol–water partition coefficient (Wildman–Crippen LogP) is 1.75. The van der Waals surface area contributed by atoms with Crippen LogP contribution in [0, 0.1) is 23.2 Å². The second-order valence-electron chi connectivity index (χ2n) is 7.05. The molecule has 27 heavy (non-hydrogen) atoms. The van der Waals surface area contributed by atoms with E-state index in [1.807, 2.05) is 25.4 Å². The van der Waals surface area contributed by atoms with Crippen LogP contribution in [0.3, 0.4) is 0 Å². The number of hydrogen-bond acceptors (Lipinski definition) is 6. The summed E-state index contributed by atoms with van der Waals surface area (Å²) in [6, 6.07) is 3.85. The Balaban J connectivity index is 1.83. The van der Waals surface area contributed by atoms with E-state index in [1.54, 1.807) is 11.8 Å². The van der Waals surface area contributed by atoms with Crippen LogP contribution in [0.5, 0.6) is 0 Å². The fourth-order valence-corrected chi connectivity index (χ4v) is 3.70. The lowest BCUT2D eigenvalue weighted by atomic mass is 9.90. The molecule has 1 amide bonds. The lowest BCUT2D eigenvalue weighted by Gasteiger charge is -2.42. The number of aromatic amines is 1. The minimum Gasteiger partial charge on any atom is -0.354 e. The smallest absolute Gasteiger partial charge is 0.247 e. The largest absolute Gasteiger partial charge is 0.354 e. The number of anilines is 1. The number of fused-ring (bicyclic) bond motifs is 1. The summed E-state index contributed by atoms with van der Waals surface area (Å²) in [7, 11) is 1.96. The standard InChI is InChI=1S/C19H24N6O2/c1-4-16(26)14(9-20)19(27)25-8-6-12(2)15(10-25)24(3)18-13-5-7-21-17(13)22-11-23-18/h5,7,11-12,14-15H,4,6,8,10H2,1-3H3,(H,21,22,23). The molecular weight excluding hydrogens is 344 g/mol. The van der Waals surface area contributed by atoms with Gasteiger partial charge in [0.15, 0.2) is 11.7 Å². The van der Waals surface area contributed by atoms with Crippen molar-refractivity contribution in [3.05, 3.63) is 18.6 Å². The van der Waals surface area contributed by atoms with E-state index in [-0.39, 0.29) is 24.2 Å². The van der Waals surface area contributed by atoms with Gasteiger partial charge in [-0.05, 0) is 18.4 Å². The van der Waals surface area contributed by atoms with Gasteiger partial charge in [-0.3, -0.25) is 9.59 Å². The number of carbonyl (C=O) groups is 2. The maximum atomic E-state index is 12.7. The van der Waals surface area contributed by atoms with Crippen molar-refractivity contribution in [3.8, 4) is 6.07 Å². The van der Waals surface area contributed by atoms with Crippen molar-refractivity contribution in [1.29, 1.82) is 5.26 Å². The van der Waals surface area contributed by atoms with Crippen LogP contribution in [-0.2, 0) is 9.59 Å². The monoisotopic (exact) mass is 368 g/mol. The van der Waals surface area contributed by atoms with E-state index >= 15 is 0 Å². The molecule has 8 nitrogen and oxygen atoms in total. The lowest BCUT2D eigenvalue weighted by Crippen LogP contribution is -2.54. The molecule has 1 fully saturated rings. The number of H-pyrrole nitrogens is 1. The number of nitriles is 1. The number of amides is 1. The Morgan fingerprint density at radius 3 is 2.96 bits per heavy atom. The lowest BCUT2D eigenvalue weighted by molar-refractivity contribution is -0.140. The number of rotatable bonds is 5. The highest BCUT2D eigenvalue weighted by Crippen LogP contribution is 2.29. The van der Waals surface area contributed by atoms with Crippen molar-refractivity contribution in [3.63, 3.8) is 0 Å². The molecule has 3 heterocycles. The Morgan fingerprint density at radius 1 is 1.48 bits per heavy atom. The molecule has 2 aromatic rings. The fraction of sp³-hybridized carbons (Fsp3) is 0.526. The maximum absolute atomic E-state index is 12.7. The SMILES string of the molecule is CCC(=O)C(C#N)C(=O)N1CCC(C)C(N(C)c2ncnc3[nH]ccc23)C1. The van der Waals surface area contributed by atoms with Gasteiger partial charge >= 0.3 is 0 Å². The van der Waals surface area contributed by atoms with Crippen LogP contribution < -0.4 is 4.90 Å². The molecule has 0 saturated carbocycles. The van der Waals surface area contributed by atoms with E-state index < -0.39 is 5.92 Å². The molecule has 1 aliphatic heterocycles. The summed E-state index contributed by atoms with van der Waals surface area (Å²) in [5, 5.41) is 10.2. The number of piperidine rings is 1. The molecule has 0 spiro atoms. The van der Waals surface area contributed by atoms with Gasteiger partial charge in [0.1, 0.15) is 17.8 Å². The first-order valence-electron chi connectivity index (χ1n) is 9.20. The zero-order valence-corrected chi connectivity index (χ0v) is 15.8. The highest BCUT2D eigenvalue weighted by molar-refractivity contribution is 6.03.